The molecule has 2 heterocycles. The number of benzene rings is 2. The Morgan fingerprint density at radius 2 is 1.85 bits per heavy atom. The lowest BCUT2D eigenvalue weighted by Crippen LogP contribution is -2.52. The molecule has 0 aliphatic carbocycles. The SMILES string of the molecule is O=C1CC(c2cccc([N+](=O)[O-])c2)C2C(NNC2c2ccc(Cl)cc2)N1. The zero-order chi connectivity index (χ0) is 18.3. The number of hydrogen-bond donors (Lipinski definition) is 3. The second kappa shape index (κ2) is 6.68. The minimum absolute atomic E-state index is 0.0101. The zero-order valence-electron chi connectivity index (χ0n) is 13.7. The molecule has 4 atom stereocenters. The largest absolute Gasteiger partial charge is 0.339 e. The summed E-state index contributed by atoms with van der Waals surface area (Å²) >= 11 is 5.99. The van der Waals surface area contributed by atoms with Crippen molar-refractivity contribution in [2.45, 2.75) is 24.5 Å². The van der Waals surface area contributed by atoms with E-state index in [1.165, 1.54) is 6.07 Å². The molecule has 3 N–H and O–H groups in total. The Kier molecular flexibility index (Phi) is 4.36. The maximum absolute atomic E-state index is 12.2. The van der Waals surface area contributed by atoms with Gasteiger partial charge in [-0.2, -0.15) is 0 Å². The first kappa shape index (κ1) is 17.0. The Balaban J connectivity index is 1.72. The fourth-order valence-corrected chi connectivity index (χ4v) is 4.04. The zero-order valence-corrected chi connectivity index (χ0v) is 14.4. The summed E-state index contributed by atoms with van der Waals surface area (Å²) in [7, 11) is 0. The molecule has 0 radical (unpaired) electrons. The third-order valence-electron chi connectivity index (χ3n) is 5.09. The Hall–Kier alpha value is -2.48. The first-order chi connectivity index (χ1) is 12.5. The summed E-state index contributed by atoms with van der Waals surface area (Å²) in [6, 6.07) is 14.1. The number of hydrogen-bond acceptors (Lipinski definition) is 5. The molecule has 2 aromatic rings. The molecule has 4 unspecified atom stereocenters. The third-order valence-corrected chi connectivity index (χ3v) is 5.34. The predicted molar refractivity (Wildman–Crippen MR) is 96.3 cm³/mol. The Morgan fingerprint density at radius 1 is 1.08 bits per heavy atom. The summed E-state index contributed by atoms with van der Waals surface area (Å²) in [5.41, 5.74) is 8.27. The van der Waals surface area contributed by atoms with E-state index in [-0.39, 0.29) is 42.1 Å². The molecule has 2 aliphatic heterocycles. The van der Waals surface area contributed by atoms with Crippen LogP contribution in [0.15, 0.2) is 48.5 Å². The molecule has 26 heavy (non-hydrogen) atoms. The lowest BCUT2D eigenvalue weighted by Gasteiger charge is -2.36. The number of nitro benzene ring substituents is 1. The molecule has 0 saturated carbocycles. The number of non-ortho nitro benzene ring substituents is 1. The molecule has 2 fully saturated rings. The number of carbonyl (C=O) groups is 1. The van der Waals surface area contributed by atoms with Crippen molar-refractivity contribution in [1.82, 2.24) is 16.2 Å². The van der Waals surface area contributed by atoms with Gasteiger partial charge in [-0.15, -0.1) is 0 Å². The van der Waals surface area contributed by atoms with Crippen molar-refractivity contribution in [3.63, 3.8) is 0 Å². The Bertz CT molecular complexity index is 858. The highest BCUT2D eigenvalue weighted by molar-refractivity contribution is 6.30. The van der Waals surface area contributed by atoms with E-state index < -0.39 is 4.92 Å². The van der Waals surface area contributed by atoms with E-state index in [2.05, 4.69) is 16.2 Å². The first-order valence-corrected chi connectivity index (χ1v) is 8.71. The molecule has 8 heteroatoms. The van der Waals surface area contributed by atoms with Crippen LogP contribution in [0.4, 0.5) is 5.69 Å². The summed E-state index contributed by atoms with van der Waals surface area (Å²) in [6.07, 6.45) is 0.0386. The van der Waals surface area contributed by atoms with Crippen molar-refractivity contribution in [2.75, 3.05) is 0 Å². The van der Waals surface area contributed by atoms with Crippen LogP contribution >= 0.6 is 11.6 Å². The average Bonchev–Trinajstić information content (AvgIpc) is 3.05. The smallest absolute Gasteiger partial charge is 0.269 e. The van der Waals surface area contributed by atoms with Gasteiger partial charge in [-0.25, -0.2) is 10.9 Å². The number of nitrogens with zero attached hydrogens (tertiary/aromatic N) is 1. The summed E-state index contributed by atoms with van der Waals surface area (Å²) in [5.74, 6) is -0.207. The van der Waals surface area contributed by atoms with Crippen molar-refractivity contribution in [1.29, 1.82) is 0 Å². The molecular formula is C18H17ClN4O3. The molecule has 1 amide bonds. The van der Waals surface area contributed by atoms with Crippen LogP contribution in [0.1, 0.15) is 29.5 Å². The van der Waals surface area contributed by atoms with E-state index in [4.69, 9.17) is 11.6 Å². The van der Waals surface area contributed by atoms with Crippen molar-refractivity contribution in [2.24, 2.45) is 5.92 Å². The monoisotopic (exact) mass is 372 g/mol. The molecule has 0 spiro atoms. The van der Waals surface area contributed by atoms with Gasteiger partial charge in [0.25, 0.3) is 5.69 Å². The van der Waals surface area contributed by atoms with E-state index >= 15 is 0 Å². The van der Waals surface area contributed by atoms with Crippen LogP contribution in [0.5, 0.6) is 0 Å². The topological polar surface area (TPSA) is 96.3 Å². The fraction of sp³-hybridized carbons (Fsp3) is 0.278. The number of nitrogens with one attached hydrogen (secondary N) is 3. The lowest BCUT2D eigenvalue weighted by atomic mass is 9.74. The van der Waals surface area contributed by atoms with Gasteiger partial charge in [0.05, 0.1) is 17.1 Å². The highest BCUT2D eigenvalue weighted by Gasteiger charge is 2.46. The summed E-state index contributed by atoms with van der Waals surface area (Å²) in [4.78, 5) is 22.9. The summed E-state index contributed by atoms with van der Waals surface area (Å²) in [6.45, 7) is 0. The van der Waals surface area contributed by atoms with Gasteiger partial charge in [0.15, 0.2) is 0 Å². The van der Waals surface area contributed by atoms with Crippen LogP contribution in [0, 0.1) is 16.0 Å². The van der Waals surface area contributed by atoms with Gasteiger partial charge in [0, 0.05) is 35.4 Å². The van der Waals surface area contributed by atoms with Gasteiger partial charge in [-0.3, -0.25) is 14.9 Å². The number of carbonyl (C=O) groups excluding carboxylic acids is 1. The van der Waals surface area contributed by atoms with Crippen LogP contribution in [-0.4, -0.2) is 17.0 Å². The van der Waals surface area contributed by atoms with E-state index in [0.29, 0.717) is 5.02 Å². The normalized spacial score (nSPS) is 27.7. The van der Waals surface area contributed by atoms with Gasteiger partial charge in [0.2, 0.25) is 5.91 Å². The minimum atomic E-state index is -0.411. The first-order valence-electron chi connectivity index (χ1n) is 8.33. The number of amides is 1. The van der Waals surface area contributed by atoms with Gasteiger partial charge >= 0.3 is 0 Å². The van der Waals surface area contributed by atoms with Gasteiger partial charge in [0.1, 0.15) is 0 Å². The number of nitro groups is 1. The maximum atomic E-state index is 12.2. The van der Waals surface area contributed by atoms with E-state index in [1.807, 2.05) is 30.3 Å². The van der Waals surface area contributed by atoms with E-state index in [1.54, 1.807) is 12.1 Å². The fourth-order valence-electron chi connectivity index (χ4n) is 3.91. The minimum Gasteiger partial charge on any atom is -0.339 e. The second-order valence-electron chi connectivity index (χ2n) is 6.60. The van der Waals surface area contributed by atoms with Crippen molar-refractivity contribution in [3.05, 3.63) is 74.8 Å². The Morgan fingerprint density at radius 3 is 2.58 bits per heavy atom. The van der Waals surface area contributed by atoms with Gasteiger partial charge < -0.3 is 5.32 Å². The van der Waals surface area contributed by atoms with Crippen molar-refractivity contribution in [3.8, 4) is 0 Å². The Labute approximate surface area is 154 Å². The van der Waals surface area contributed by atoms with Crippen LogP contribution in [0.2, 0.25) is 5.02 Å². The third kappa shape index (κ3) is 3.05. The number of rotatable bonds is 3. The van der Waals surface area contributed by atoms with Gasteiger partial charge in [-0.05, 0) is 23.3 Å². The van der Waals surface area contributed by atoms with Crippen molar-refractivity contribution >= 4 is 23.2 Å². The molecule has 2 saturated heterocycles. The predicted octanol–water partition coefficient (Wildman–Crippen LogP) is 2.64. The van der Waals surface area contributed by atoms with E-state index in [0.717, 1.165) is 11.1 Å². The molecule has 134 valence electrons. The molecule has 2 aliphatic rings. The van der Waals surface area contributed by atoms with Crippen LogP contribution in [0.3, 0.4) is 0 Å². The second-order valence-corrected chi connectivity index (χ2v) is 7.04. The molecule has 0 bridgehead atoms. The van der Waals surface area contributed by atoms with Crippen LogP contribution < -0.4 is 16.2 Å². The van der Waals surface area contributed by atoms with Crippen molar-refractivity contribution < 1.29 is 9.72 Å². The lowest BCUT2D eigenvalue weighted by molar-refractivity contribution is -0.384. The van der Waals surface area contributed by atoms with Crippen LogP contribution in [0.25, 0.3) is 0 Å². The average molecular weight is 373 g/mol. The number of piperidine rings is 1. The quantitative estimate of drug-likeness (QED) is 0.568. The molecule has 4 rings (SSSR count). The molecule has 7 nitrogen and oxygen atoms in total. The summed E-state index contributed by atoms with van der Waals surface area (Å²) in [5, 5.41) is 14.7. The van der Waals surface area contributed by atoms with Gasteiger partial charge in [-0.1, -0.05) is 35.9 Å². The van der Waals surface area contributed by atoms with E-state index in [9.17, 15) is 14.9 Å². The highest BCUT2D eigenvalue weighted by Crippen LogP contribution is 2.43. The molecular weight excluding hydrogens is 356 g/mol. The molecule has 2 aromatic carbocycles. The highest BCUT2D eigenvalue weighted by atomic mass is 35.5. The summed E-state index contributed by atoms with van der Waals surface area (Å²) < 4.78 is 0. The number of hydrazine groups is 1. The molecule has 0 aromatic heterocycles. The number of fused-ring (bicyclic) bond motifs is 1. The van der Waals surface area contributed by atoms with Crippen LogP contribution in [-0.2, 0) is 4.79 Å². The number of halogens is 1. The maximum Gasteiger partial charge on any atom is 0.269 e. The standard InChI is InChI=1S/C18H17ClN4O3/c19-12-6-4-10(5-7-12)17-16-14(9-15(24)20-18(16)22-21-17)11-2-1-3-13(8-11)23(25)26/h1-8,14,16-18,21-22H,9H2,(H,20,24).